The van der Waals surface area contributed by atoms with Gasteiger partial charge in [-0.05, 0) is 37.3 Å². The number of likely N-dealkylation sites (tertiary alicyclic amines) is 1. The summed E-state index contributed by atoms with van der Waals surface area (Å²) in [7, 11) is 1.63. The highest BCUT2D eigenvalue weighted by molar-refractivity contribution is 5.97. The van der Waals surface area contributed by atoms with E-state index in [0.29, 0.717) is 29.2 Å². The number of rotatable bonds is 3. The second-order valence-corrected chi connectivity index (χ2v) is 6.22. The van der Waals surface area contributed by atoms with Crippen molar-refractivity contribution in [3.8, 4) is 5.75 Å². The van der Waals surface area contributed by atoms with Crippen molar-refractivity contribution in [2.75, 3.05) is 26.7 Å². The van der Waals surface area contributed by atoms with Crippen LogP contribution in [0.5, 0.6) is 5.75 Å². The maximum absolute atomic E-state index is 13.0. The van der Waals surface area contributed by atoms with Crippen LogP contribution in [0.15, 0.2) is 18.2 Å². The van der Waals surface area contributed by atoms with Crippen molar-refractivity contribution >= 4 is 5.91 Å². The average Bonchev–Trinajstić information content (AvgIpc) is 3.06. The van der Waals surface area contributed by atoms with Gasteiger partial charge in [-0.25, -0.2) is 0 Å². The smallest absolute Gasteiger partial charge is 0.257 e. The Hall–Kier alpha value is -1.55. The molecule has 3 rings (SSSR count). The van der Waals surface area contributed by atoms with Gasteiger partial charge >= 0.3 is 0 Å². The first-order valence-electron chi connectivity index (χ1n) is 7.82. The Kier molecular flexibility index (Phi) is 3.89. The van der Waals surface area contributed by atoms with Gasteiger partial charge in [-0.1, -0.05) is 18.6 Å². The maximum atomic E-state index is 13.0. The van der Waals surface area contributed by atoms with E-state index in [-0.39, 0.29) is 5.91 Å². The molecule has 21 heavy (non-hydrogen) atoms. The van der Waals surface area contributed by atoms with E-state index in [4.69, 9.17) is 4.74 Å². The molecule has 0 spiro atoms. The minimum Gasteiger partial charge on any atom is -0.496 e. The SMILES string of the molecule is CCC1C2CNCC2CN1C(=O)c1cc(C)ccc1OC. The summed E-state index contributed by atoms with van der Waals surface area (Å²) < 4.78 is 5.38. The molecule has 3 atom stereocenters. The molecule has 1 N–H and O–H groups in total. The Morgan fingerprint density at radius 3 is 2.95 bits per heavy atom. The summed E-state index contributed by atoms with van der Waals surface area (Å²) in [5.41, 5.74) is 1.79. The Labute approximate surface area is 126 Å². The summed E-state index contributed by atoms with van der Waals surface area (Å²) in [6.07, 6.45) is 1.02. The lowest BCUT2D eigenvalue weighted by Crippen LogP contribution is -2.39. The molecule has 2 heterocycles. The van der Waals surface area contributed by atoms with Crippen LogP contribution in [0, 0.1) is 18.8 Å². The van der Waals surface area contributed by atoms with Gasteiger partial charge in [0.25, 0.3) is 5.91 Å². The van der Waals surface area contributed by atoms with Gasteiger partial charge in [0, 0.05) is 25.7 Å². The second-order valence-electron chi connectivity index (χ2n) is 6.22. The van der Waals surface area contributed by atoms with Crippen molar-refractivity contribution in [2.45, 2.75) is 26.3 Å². The van der Waals surface area contributed by atoms with Crippen LogP contribution in [0.1, 0.15) is 29.3 Å². The van der Waals surface area contributed by atoms with Crippen LogP contribution < -0.4 is 10.1 Å². The molecule has 114 valence electrons. The number of carbonyl (C=O) groups excluding carboxylic acids is 1. The summed E-state index contributed by atoms with van der Waals surface area (Å²) in [5, 5.41) is 3.46. The third-order valence-corrected chi connectivity index (χ3v) is 4.98. The summed E-state index contributed by atoms with van der Waals surface area (Å²) in [6, 6.07) is 6.17. The molecule has 2 saturated heterocycles. The number of methoxy groups -OCH3 is 1. The van der Waals surface area contributed by atoms with Crippen molar-refractivity contribution in [2.24, 2.45) is 11.8 Å². The predicted octanol–water partition coefficient (Wildman–Crippen LogP) is 2.07. The topological polar surface area (TPSA) is 41.6 Å². The van der Waals surface area contributed by atoms with Crippen molar-refractivity contribution in [1.29, 1.82) is 0 Å². The number of nitrogens with one attached hydrogen (secondary N) is 1. The lowest BCUT2D eigenvalue weighted by atomic mass is 9.93. The highest BCUT2D eigenvalue weighted by Crippen LogP contribution is 2.36. The van der Waals surface area contributed by atoms with Crippen LogP contribution in [0.25, 0.3) is 0 Å². The summed E-state index contributed by atoms with van der Waals surface area (Å²) in [6.45, 7) is 7.13. The molecular formula is C17H24N2O2. The van der Waals surface area contributed by atoms with Gasteiger partial charge in [0.2, 0.25) is 0 Å². The molecule has 1 aromatic carbocycles. The molecule has 0 saturated carbocycles. The minimum absolute atomic E-state index is 0.122. The Bertz CT molecular complexity index is 544. The molecule has 0 aliphatic carbocycles. The van der Waals surface area contributed by atoms with E-state index in [0.717, 1.165) is 31.6 Å². The first-order valence-corrected chi connectivity index (χ1v) is 7.82. The number of benzene rings is 1. The monoisotopic (exact) mass is 288 g/mol. The first-order chi connectivity index (χ1) is 10.2. The fraction of sp³-hybridized carbons (Fsp3) is 0.588. The molecule has 1 amide bonds. The highest BCUT2D eigenvalue weighted by atomic mass is 16.5. The van der Waals surface area contributed by atoms with Crippen LogP contribution in [0.2, 0.25) is 0 Å². The van der Waals surface area contributed by atoms with Gasteiger partial charge < -0.3 is 15.0 Å². The molecule has 0 aromatic heterocycles. The molecule has 2 aliphatic rings. The van der Waals surface area contributed by atoms with Gasteiger partial charge in [-0.3, -0.25) is 4.79 Å². The number of fused-ring (bicyclic) bond motifs is 1. The predicted molar refractivity (Wildman–Crippen MR) is 82.7 cm³/mol. The van der Waals surface area contributed by atoms with E-state index in [1.54, 1.807) is 7.11 Å². The largest absolute Gasteiger partial charge is 0.496 e. The number of hydrogen-bond donors (Lipinski definition) is 1. The van der Waals surface area contributed by atoms with Gasteiger partial charge in [0.15, 0.2) is 0 Å². The second kappa shape index (κ2) is 5.68. The van der Waals surface area contributed by atoms with E-state index in [1.807, 2.05) is 25.1 Å². The number of carbonyl (C=O) groups is 1. The molecule has 0 radical (unpaired) electrons. The molecule has 4 nitrogen and oxygen atoms in total. The Balaban J connectivity index is 1.90. The van der Waals surface area contributed by atoms with Crippen molar-refractivity contribution in [1.82, 2.24) is 10.2 Å². The molecule has 4 heteroatoms. The Morgan fingerprint density at radius 2 is 2.24 bits per heavy atom. The molecule has 0 bridgehead atoms. The number of aryl methyl sites for hydroxylation is 1. The lowest BCUT2D eigenvalue weighted by molar-refractivity contribution is 0.0708. The Morgan fingerprint density at radius 1 is 1.43 bits per heavy atom. The third-order valence-electron chi connectivity index (χ3n) is 4.98. The number of hydrogen-bond acceptors (Lipinski definition) is 3. The zero-order chi connectivity index (χ0) is 15.0. The number of nitrogens with zero attached hydrogens (tertiary/aromatic N) is 1. The fourth-order valence-electron chi connectivity index (χ4n) is 3.92. The zero-order valence-corrected chi connectivity index (χ0v) is 13.1. The zero-order valence-electron chi connectivity index (χ0n) is 13.1. The standard InChI is InChI=1S/C17H24N2O2/c1-4-15-14-9-18-8-12(14)10-19(15)17(20)13-7-11(2)5-6-16(13)21-3/h5-7,12,14-15,18H,4,8-10H2,1-3H3. The van der Waals surface area contributed by atoms with Crippen molar-refractivity contribution in [3.05, 3.63) is 29.3 Å². The van der Waals surface area contributed by atoms with Crippen molar-refractivity contribution < 1.29 is 9.53 Å². The summed E-state index contributed by atoms with van der Waals surface area (Å²) in [5.74, 6) is 2.01. The normalized spacial score (nSPS) is 27.8. The maximum Gasteiger partial charge on any atom is 0.257 e. The van der Waals surface area contributed by atoms with E-state index < -0.39 is 0 Å². The number of amides is 1. The summed E-state index contributed by atoms with van der Waals surface area (Å²) in [4.78, 5) is 15.1. The van der Waals surface area contributed by atoms with E-state index in [2.05, 4.69) is 17.1 Å². The highest BCUT2D eigenvalue weighted by Gasteiger charge is 2.45. The van der Waals surface area contributed by atoms with E-state index in [9.17, 15) is 4.79 Å². The van der Waals surface area contributed by atoms with Crippen LogP contribution in [-0.4, -0.2) is 43.6 Å². The fourth-order valence-corrected chi connectivity index (χ4v) is 3.92. The molecule has 2 aliphatic heterocycles. The van der Waals surface area contributed by atoms with Gasteiger partial charge in [-0.15, -0.1) is 0 Å². The lowest BCUT2D eigenvalue weighted by Gasteiger charge is -2.27. The van der Waals surface area contributed by atoms with Crippen LogP contribution >= 0.6 is 0 Å². The molecular weight excluding hydrogens is 264 g/mol. The molecule has 1 aromatic rings. The first kappa shape index (κ1) is 14.4. The summed E-state index contributed by atoms with van der Waals surface area (Å²) >= 11 is 0. The van der Waals surface area contributed by atoms with Crippen LogP contribution in [-0.2, 0) is 0 Å². The van der Waals surface area contributed by atoms with Crippen molar-refractivity contribution in [3.63, 3.8) is 0 Å². The average molecular weight is 288 g/mol. The van der Waals surface area contributed by atoms with Crippen LogP contribution in [0.3, 0.4) is 0 Å². The van der Waals surface area contributed by atoms with Gasteiger partial charge in [0.1, 0.15) is 5.75 Å². The van der Waals surface area contributed by atoms with E-state index >= 15 is 0 Å². The van der Waals surface area contributed by atoms with Crippen LogP contribution in [0.4, 0.5) is 0 Å². The van der Waals surface area contributed by atoms with E-state index in [1.165, 1.54) is 0 Å². The number of ether oxygens (including phenoxy) is 1. The molecule has 3 unspecified atom stereocenters. The third kappa shape index (κ3) is 2.42. The molecule has 2 fully saturated rings. The quantitative estimate of drug-likeness (QED) is 0.926. The van der Waals surface area contributed by atoms with Gasteiger partial charge in [-0.2, -0.15) is 0 Å². The van der Waals surface area contributed by atoms with Gasteiger partial charge in [0.05, 0.1) is 12.7 Å². The minimum atomic E-state index is 0.122.